The van der Waals surface area contributed by atoms with Gasteiger partial charge in [-0.1, -0.05) is 25.0 Å². The number of likely N-dealkylation sites (tertiary alicyclic amines) is 1. The van der Waals surface area contributed by atoms with E-state index in [9.17, 15) is 9.59 Å². The molecule has 1 aliphatic carbocycles. The van der Waals surface area contributed by atoms with Gasteiger partial charge in [0.1, 0.15) is 0 Å². The predicted octanol–water partition coefficient (Wildman–Crippen LogP) is 3.20. The molecule has 4 nitrogen and oxygen atoms in total. The van der Waals surface area contributed by atoms with Crippen molar-refractivity contribution in [3.8, 4) is 0 Å². The fourth-order valence-corrected chi connectivity index (χ4v) is 4.91. The molecular formula is C19H26N2O2S. The van der Waals surface area contributed by atoms with Gasteiger partial charge in [0, 0.05) is 23.9 Å². The number of primary amides is 1. The summed E-state index contributed by atoms with van der Waals surface area (Å²) in [5, 5.41) is 0. The highest BCUT2D eigenvalue weighted by Gasteiger charge is 2.35. The van der Waals surface area contributed by atoms with Gasteiger partial charge in [0.15, 0.2) is 0 Å². The molecule has 0 spiro atoms. The molecular weight excluding hydrogens is 320 g/mol. The number of rotatable bonds is 5. The van der Waals surface area contributed by atoms with Crippen molar-refractivity contribution in [2.24, 2.45) is 11.7 Å². The zero-order valence-corrected chi connectivity index (χ0v) is 14.9. The second-order valence-electron chi connectivity index (χ2n) is 6.90. The Balaban J connectivity index is 1.49. The molecule has 130 valence electrons. The molecule has 0 aromatic heterocycles. The largest absolute Gasteiger partial charge is 0.366 e. The normalized spacial score (nSPS) is 23.6. The van der Waals surface area contributed by atoms with Gasteiger partial charge < -0.3 is 10.6 Å². The minimum Gasteiger partial charge on any atom is -0.366 e. The summed E-state index contributed by atoms with van der Waals surface area (Å²) >= 11 is 1.65. The number of carbonyl (C=O) groups excluding carboxylic acids is 2. The molecule has 2 fully saturated rings. The fraction of sp³-hybridized carbons (Fsp3) is 0.579. The first-order valence-electron chi connectivity index (χ1n) is 8.91. The summed E-state index contributed by atoms with van der Waals surface area (Å²) in [6.07, 6.45) is 7.55. The van der Waals surface area contributed by atoms with Crippen LogP contribution >= 0.6 is 11.8 Å². The molecule has 1 saturated carbocycles. The monoisotopic (exact) mass is 346 g/mol. The van der Waals surface area contributed by atoms with E-state index in [1.807, 2.05) is 12.1 Å². The SMILES string of the molecule is NC(=O)c1ccc(CSCC(=O)N2CCC[C@H]3CCCC[C@@H]32)cc1. The number of benzene rings is 1. The van der Waals surface area contributed by atoms with Gasteiger partial charge in [-0.05, 0) is 49.3 Å². The molecule has 24 heavy (non-hydrogen) atoms. The van der Waals surface area contributed by atoms with Crippen LogP contribution < -0.4 is 5.73 Å². The van der Waals surface area contributed by atoms with Crippen LogP contribution in [0.25, 0.3) is 0 Å². The first kappa shape index (κ1) is 17.3. The summed E-state index contributed by atoms with van der Waals surface area (Å²) in [5.41, 5.74) is 6.89. The van der Waals surface area contributed by atoms with Gasteiger partial charge in [0.25, 0.3) is 0 Å². The van der Waals surface area contributed by atoms with Crippen molar-refractivity contribution in [1.82, 2.24) is 4.90 Å². The molecule has 1 aromatic rings. The molecule has 3 rings (SSSR count). The smallest absolute Gasteiger partial charge is 0.248 e. The minimum absolute atomic E-state index is 0.297. The summed E-state index contributed by atoms with van der Waals surface area (Å²) < 4.78 is 0. The van der Waals surface area contributed by atoms with Crippen LogP contribution in [0.5, 0.6) is 0 Å². The summed E-state index contributed by atoms with van der Waals surface area (Å²) in [4.78, 5) is 25.9. The summed E-state index contributed by atoms with van der Waals surface area (Å²) in [6, 6.07) is 7.82. The van der Waals surface area contributed by atoms with Gasteiger partial charge in [-0.25, -0.2) is 0 Å². The van der Waals surface area contributed by atoms with E-state index < -0.39 is 5.91 Å². The molecule has 1 saturated heterocycles. The third kappa shape index (κ3) is 4.12. The van der Waals surface area contributed by atoms with Gasteiger partial charge in [0.05, 0.1) is 5.75 Å². The first-order chi connectivity index (χ1) is 11.6. The maximum Gasteiger partial charge on any atom is 0.248 e. The molecule has 5 heteroatoms. The average Bonchev–Trinajstić information content (AvgIpc) is 2.61. The molecule has 2 aliphatic rings. The van der Waals surface area contributed by atoms with Gasteiger partial charge in [-0.3, -0.25) is 9.59 Å². The molecule has 1 aromatic carbocycles. The highest BCUT2D eigenvalue weighted by molar-refractivity contribution is 7.99. The highest BCUT2D eigenvalue weighted by Crippen LogP contribution is 2.35. The number of nitrogens with zero attached hydrogens (tertiary/aromatic N) is 1. The van der Waals surface area contributed by atoms with Crippen molar-refractivity contribution < 1.29 is 9.59 Å². The van der Waals surface area contributed by atoms with Crippen molar-refractivity contribution in [2.45, 2.75) is 50.3 Å². The van der Waals surface area contributed by atoms with Crippen LogP contribution in [0.2, 0.25) is 0 Å². The van der Waals surface area contributed by atoms with Crippen LogP contribution in [0.3, 0.4) is 0 Å². The van der Waals surface area contributed by atoms with Crippen molar-refractivity contribution in [3.63, 3.8) is 0 Å². The van der Waals surface area contributed by atoms with Crippen LogP contribution in [0.4, 0.5) is 0 Å². The molecule has 2 N–H and O–H groups in total. The van der Waals surface area contributed by atoms with Crippen LogP contribution in [0.1, 0.15) is 54.4 Å². The lowest BCUT2D eigenvalue weighted by Gasteiger charge is -2.44. The quantitative estimate of drug-likeness (QED) is 0.890. The zero-order valence-electron chi connectivity index (χ0n) is 14.1. The molecule has 1 aliphatic heterocycles. The third-order valence-corrected chi connectivity index (χ3v) is 6.28. The van der Waals surface area contributed by atoms with Crippen LogP contribution in [0, 0.1) is 5.92 Å². The first-order valence-corrected chi connectivity index (χ1v) is 10.1. The van der Waals surface area contributed by atoms with Gasteiger partial charge in [0.2, 0.25) is 11.8 Å². The molecule has 2 atom stereocenters. The second-order valence-corrected chi connectivity index (χ2v) is 7.88. The van der Waals surface area contributed by atoms with E-state index in [0.29, 0.717) is 23.3 Å². The molecule has 0 radical (unpaired) electrons. The lowest BCUT2D eigenvalue weighted by Crippen LogP contribution is -2.50. The van der Waals surface area contributed by atoms with Crippen molar-refractivity contribution in [1.29, 1.82) is 0 Å². The number of amides is 2. The number of carbonyl (C=O) groups is 2. The molecule has 1 heterocycles. The van der Waals surface area contributed by atoms with Crippen molar-refractivity contribution in [2.75, 3.05) is 12.3 Å². The Bertz CT molecular complexity index is 586. The number of fused-ring (bicyclic) bond motifs is 1. The Labute approximate surface area is 148 Å². The van der Waals surface area contributed by atoms with E-state index in [2.05, 4.69) is 4.90 Å². The predicted molar refractivity (Wildman–Crippen MR) is 97.8 cm³/mol. The van der Waals surface area contributed by atoms with E-state index >= 15 is 0 Å². The maximum atomic E-state index is 12.6. The van der Waals surface area contributed by atoms with E-state index in [4.69, 9.17) is 5.73 Å². The van der Waals surface area contributed by atoms with Crippen LogP contribution in [-0.2, 0) is 10.5 Å². The topological polar surface area (TPSA) is 63.4 Å². The Hall–Kier alpha value is -1.49. The Kier molecular flexibility index (Phi) is 5.82. The molecule has 2 amide bonds. The van der Waals surface area contributed by atoms with Crippen molar-refractivity contribution in [3.05, 3.63) is 35.4 Å². The lowest BCUT2D eigenvalue weighted by molar-refractivity contribution is -0.134. The van der Waals surface area contributed by atoms with E-state index in [1.165, 1.54) is 32.1 Å². The Morgan fingerprint density at radius 1 is 1.08 bits per heavy atom. The maximum absolute atomic E-state index is 12.6. The third-order valence-electron chi connectivity index (χ3n) is 5.30. The highest BCUT2D eigenvalue weighted by atomic mass is 32.2. The molecule has 0 unspecified atom stereocenters. The standard InChI is InChI=1S/C19H26N2O2S/c20-19(23)16-9-7-14(8-10-16)12-24-13-18(22)21-11-3-5-15-4-1-2-6-17(15)21/h7-10,15,17H,1-6,11-13H2,(H2,20,23)/t15-,17+/m1/s1. The number of hydrogen-bond acceptors (Lipinski definition) is 3. The number of thioether (sulfide) groups is 1. The van der Waals surface area contributed by atoms with E-state index in [1.54, 1.807) is 23.9 Å². The molecule has 0 bridgehead atoms. The average molecular weight is 346 g/mol. The fourth-order valence-electron chi connectivity index (χ4n) is 4.04. The Morgan fingerprint density at radius 2 is 1.79 bits per heavy atom. The summed E-state index contributed by atoms with van der Waals surface area (Å²) in [6.45, 7) is 0.938. The number of nitrogens with two attached hydrogens (primary N) is 1. The van der Waals surface area contributed by atoms with Crippen molar-refractivity contribution >= 4 is 23.6 Å². The van der Waals surface area contributed by atoms with Crippen LogP contribution in [0.15, 0.2) is 24.3 Å². The number of hydrogen-bond donors (Lipinski definition) is 1. The van der Waals surface area contributed by atoms with E-state index in [0.717, 1.165) is 30.2 Å². The van der Waals surface area contributed by atoms with Gasteiger partial charge >= 0.3 is 0 Å². The van der Waals surface area contributed by atoms with Gasteiger partial charge in [-0.15, -0.1) is 11.8 Å². The Morgan fingerprint density at radius 3 is 2.54 bits per heavy atom. The van der Waals surface area contributed by atoms with Crippen LogP contribution in [-0.4, -0.2) is 35.1 Å². The van der Waals surface area contributed by atoms with Gasteiger partial charge in [-0.2, -0.15) is 0 Å². The second kappa shape index (κ2) is 8.06. The lowest BCUT2D eigenvalue weighted by atomic mass is 9.78. The minimum atomic E-state index is -0.406. The van der Waals surface area contributed by atoms with E-state index in [-0.39, 0.29) is 0 Å². The summed E-state index contributed by atoms with van der Waals surface area (Å²) in [7, 11) is 0. The number of piperidine rings is 1. The summed E-state index contributed by atoms with van der Waals surface area (Å²) in [5.74, 6) is 1.96. The zero-order chi connectivity index (χ0) is 16.9.